The van der Waals surface area contributed by atoms with Crippen molar-refractivity contribution in [1.82, 2.24) is 19.9 Å². The van der Waals surface area contributed by atoms with Crippen molar-refractivity contribution in [3.05, 3.63) is 0 Å². The Hall–Kier alpha value is -1.16. The molecular formula is C17H30N6O2S. The monoisotopic (exact) mass is 382 g/mol. The number of hydrogen-bond donors (Lipinski definition) is 1. The summed E-state index contributed by atoms with van der Waals surface area (Å²) in [5, 5.41) is 4.16. The summed E-state index contributed by atoms with van der Waals surface area (Å²) in [4.78, 5) is 18.6. The van der Waals surface area contributed by atoms with E-state index in [1.165, 1.54) is 0 Å². The van der Waals surface area contributed by atoms with Crippen LogP contribution in [0.1, 0.15) is 20.8 Å². The molecule has 0 bridgehead atoms. The lowest BCUT2D eigenvalue weighted by atomic mass is 10.1. The van der Waals surface area contributed by atoms with Gasteiger partial charge in [0, 0.05) is 44.0 Å². The molecule has 3 heterocycles. The Morgan fingerprint density at radius 2 is 1.62 bits per heavy atom. The van der Waals surface area contributed by atoms with E-state index < -0.39 is 0 Å². The van der Waals surface area contributed by atoms with Crippen molar-refractivity contribution in [1.29, 1.82) is 0 Å². The van der Waals surface area contributed by atoms with Crippen molar-refractivity contribution < 1.29 is 9.47 Å². The molecular weight excluding hydrogens is 352 g/mol. The van der Waals surface area contributed by atoms with Crippen LogP contribution in [0.4, 0.5) is 11.9 Å². The van der Waals surface area contributed by atoms with E-state index in [0.29, 0.717) is 19.2 Å². The lowest BCUT2D eigenvalue weighted by Crippen LogP contribution is -2.38. The maximum atomic E-state index is 5.44. The van der Waals surface area contributed by atoms with Crippen LogP contribution < -0.4 is 10.2 Å². The van der Waals surface area contributed by atoms with Gasteiger partial charge in [-0.1, -0.05) is 11.8 Å². The summed E-state index contributed by atoms with van der Waals surface area (Å²) >= 11 is 1.69. The highest BCUT2D eigenvalue weighted by Crippen LogP contribution is 2.21. The fourth-order valence-electron chi connectivity index (χ4n) is 2.80. The third kappa shape index (κ3) is 6.22. The summed E-state index contributed by atoms with van der Waals surface area (Å²) in [6.45, 7) is 14.1. The van der Waals surface area contributed by atoms with Crippen molar-refractivity contribution in [2.75, 3.05) is 75.1 Å². The number of hydrogen-bond acceptors (Lipinski definition) is 9. The molecule has 1 aromatic rings. The predicted octanol–water partition coefficient (Wildman–Crippen LogP) is 1.34. The highest BCUT2D eigenvalue weighted by atomic mass is 32.2. The number of morpholine rings is 2. The van der Waals surface area contributed by atoms with Crippen LogP contribution in [0.5, 0.6) is 0 Å². The Labute approximate surface area is 160 Å². The van der Waals surface area contributed by atoms with Crippen molar-refractivity contribution in [2.45, 2.75) is 31.5 Å². The first-order valence-electron chi connectivity index (χ1n) is 9.29. The van der Waals surface area contributed by atoms with E-state index in [2.05, 4.69) is 45.9 Å². The molecule has 1 aromatic heterocycles. The first-order chi connectivity index (χ1) is 12.5. The van der Waals surface area contributed by atoms with Gasteiger partial charge in [0.25, 0.3) is 0 Å². The molecule has 0 aromatic carbocycles. The Morgan fingerprint density at radius 1 is 0.962 bits per heavy atom. The minimum absolute atomic E-state index is 0.0978. The molecule has 2 aliphatic rings. The van der Waals surface area contributed by atoms with E-state index >= 15 is 0 Å². The van der Waals surface area contributed by atoms with E-state index in [0.717, 1.165) is 62.8 Å². The zero-order valence-corrected chi connectivity index (χ0v) is 16.8. The Kier molecular flexibility index (Phi) is 6.91. The van der Waals surface area contributed by atoms with Gasteiger partial charge in [0.15, 0.2) is 5.16 Å². The standard InChI is InChI=1S/C17H30N6O2S/c1-17(2,3)21-14-18-15(23-6-11-25-12-7-23)20-16(19-14)26-13-8-22-4-9-24-10-5-22/h4-13H2,1-3H3,(H,18,19,20,21). The van der Waals surface area contributed by atoms with Crippen LogP contribution >= 0.6 is 11.8 Å². The normalized spacial score (nSPS) is 19.6. The molecule has 0 atom stereocenters. The minimum atomic E-state index is -0.0978. The summed E-state index contributed by atoms with van der Waals surface area (Å²) < 4.78 is 10.8. The number of aromatic nitrogens is 3. The molecule has 0 saturated carbocycles. The number of ether oxygens (including phenoxy) is 2. The topological polar surface area (TPSA) is 75.6 Å². The average Bonchev–Trinajstić information content (AvgIpc) is 2.62. The van der Waals surface area contributed by atoms with Gasteiger partial charge in [-0.05, 0) is 20.8 Å². The van der Waals surface area contributed by atoms with Gasteiger partial charge in [-0.2, -0.15) is 15.0 Å². The van der Waals surface area contributed by atoms with Gasteiger partial charge < -0.3 is 19.7 Å². The van der Waals surface area contributed by atoms with Crippen LogP contribution in [0.25, 0.3) is 0 Å². The second-order valence-corrected chi connectivity index (χ2v) is 8.58. The average molecular weight is 383 g/mol. The van der Waals surface area contributed by atoms with E-state index in [1.54, 1.807) is 11.8 Å². The van der Waals surface area contributed by atoms with Gasteiger partial charge in [-0.3, -0.25) is 4.90 Å². The molecule has 1 N–H and O–H groups in total. The SMILES string of the molecule is CC(C)(C)Nc1nc(SCCN2CCOCC2)nc(N2CCOCC2)n1. The second kappa shape index (κ2) is 9.16. The molecule has 2 fully saturated rings. The van der Waals surface area contributed by atoms with Crippen LogP contribution in [0.15, 0.2) is 5.16 Å². The van der Waals surface area contributed by atoms with Crippen LogP contribution in [0, 0.1) is 0 Å². The molecule has 9 heteroatoms. The lowest BCUT2D eigenvalue weighted by molar-refractivity contribution is 0.0410. The van der Waals surface area contributed by atoms with Gasteiger partial charge in [0.05, 0.1) is 26.4 Å². The summed E-state index contributed by atoms with van der Waals surface area (Å²) in [7, 11) is 0. The van der Waals surface area contributed by atoms with Crippen molar-refractivity contribution in [2.24, 2.45) is 0 Å². The Bertz CT molecular complexity index is 571. The zero-order valence-electron chi connectivity index (χ0n) is 16.0. The van der Waals surface area contributed by atoms with E-state index in [9.17, 15) is 0 Å². The van der Waals surface area contributed by atoms with Crippen LogP contribution in [-0.2, 0) is 9.47 Å². The summed E-state index contributed by atoms with van der Waals surface area (Å²) in [5.41, 5.74) is -0.0978. The summed E-state index contributed by atoms with van der Waals surface area (Å²) in [5.74, 6) is 2.34. The number of rotatable bonds is 6. The maximum Gasteiger partial charge on any atom is 0.231 e. The van der Waals surface area contributed by atoms with Crippen molar-refractivity contribution in [3.63, 3.8) is 0 Å². The van der Waals surface area contributed by atoms with E-state index in [1.807, 2.05) is 0 Å². The van der Waals surface area contributed by atoms with E-state index in [-0.39, 0.29) is 5.54 Å². The summed E-state index contributed by atoms with van der Waals surface area (Å²) in [6.07, 6.45) is 0. The first-order valence-corrected chi connectivity index (χ1v) is 10.3. The lowest BCUT2D eigenvalue weighted by Gasteiger charge is -2.28. The molecule has 146 valence electrons. The Balaban J connectivity index is 1.66. The minimum Gasteiger partial charge on any atom is -0.379 e. The predicted molar refractivity (Wildman–Crippen MR) is 104 cm³/mol. The molecule has 26 heavy (non-hydrogen) atoms. The molecule has 8 nitrogen and oxygen atoms in total. The number of nitrogens with zero attached hydrogens (tertiary/aromatic N) is 5. The zero-order chi connectivity index (χ0) is 18.4. The van der Waals surface area contributed by atoms with Crippen LogP contribution in [0.2, 0.25) is 0 Å². The maximum absolute atomic E-state index is 5.44. The molecule has 0 spiro atoms. The molecule has 0 radical (unpaired) electrons. The first kappa shape index (κ1) is 19.6. The molecule has 3 rings (SSSR count). The van der Waals surface area contributed by atoms with Crippen LogP contribution in [0.3, 0.4) is 0 Å². The quantitative estimate of drug-likeness (QED) is 0.734. The van der Waals surface area contributed by atoms with Gasteiger partial charge in [-0.25, -0.2) is 0 Å². The fraction of sp³-hybridized carbons (Fsp3) is 0.824. The molecule has 2 saturated heterocycles. The fourth-order valence-corrected chi connectivity index (χ4v) is 3.63. The third-order valence-corrected chi connectivity index (χ3v) is 4.95. The number of anilines is 2. The number of thioether (sulfide) groups is 1. The highest BCUT2D eigenvalue weighted by molar-refractivity contribution is 7.99. The number of nitrogens with one attached hydrogen (secondary N) is 1. The molecule has 2 aliphatic heterocycles. The van der Waals surface area contributed by atoms with Gasteiger partial charge in [0.2, 0.25) is 11.9 Å². The van der Waals surface area contributed by atoms with Crippen LogP contribution in [-0.4, -0.2) is 90.3 Å². The second-order valence-electron chi connectivity index (χ2n) is 7.52. The van der Waals surface area contributed by atoms with Gasteiger partial charge in [0.1, 0.15) is 0 Å². The van der Waals surface area contributed by atoms with Crippen molar-refractivity contribution >= 4 is 23.7 Å². The smallest absolute Gasteiger partial charge is 0.231 e. The van der Waals surface area contributed by atoms with Crippen molar-refractivity contribution in [3.8, 4) is 0 Å². The largest absolute Gasteiger partial charge is 0.379 e. The molecule has 0 aliphatic carbocycles. The molecule has 0 unspecified atom stereocenters. The highest BCUT2D eigenvalue weighted by Gasteiger charge is 2.19. The van der Waals surface area contributed by atoms with Gasteiger partial charge >= 0.3 is 0 Å². The molecule has 0 amide bonds. The van der Waals surface area contributed by atoms with E-state index in [4.69, 9.17) is 14.5 Å². The van der Waals surface area contributed by atoms with Gasteiger partial charge in [-0.15, -0.1) is 0 Å². The Morgan fingerprint density at radius 3 is 2.27 bits per heavy atom. The third-order valence-electron chi connectivity index (χ3n) is 4.13. The summed E-state index contributed by atoms with van der Waals surface area (Å²) in [6, 6.07) is 0.